The number of carbonyl (C=O) groups excluding carboxylic acids is 3. The second-order valence-corrected chi connectivity index (χ2v) is 7.84. The third-order valence-corrected chi connectivity index (χ3v) is 5.69. The largest absolute Gasteiger partial charge is 0.354 e. The van der Waals surface area contributed by atoms with Gasteiger partial charge in [0.2, 0.25) is 11.8 Å². The highest BCUT2D eigenvalue weighted by Crippen LogP contribution is 2.38. The first-order valence-electron chi connectivity index (χ1n) is 9.97. The van der Waals surface area contributed by atoms with E-state index in [0.717, 1.165) is 25.7 Å². The topological polar surface area (TPSA) is 87.3 Å². The Kier molecular flexibility index (Phi) is 5.82. The van der Waals surface area contributed by atoms with Gasteiger partial charge in [-0.3, -0.25) is 14.4 Å². The van der Waals surface area contributed by atoms with Gasteiger partial charge in [0.25, 0.3) is 5.91 Å². The Morgan fingerprint density at radius 1 is 1.07 bits per heavy atom. The summed E-state index contributed by atoms with van der Waals surface area (Å²) in [6.07, 6.45) is 5.22. The van der Waals surface area contributed by atoms with Crippen molar-refractivity contribution in [1.82, 2.24) is 10.6 Å². The molecule has 2 saturated carbocycles. The third-order valence-electron chi connectivity index (χ3n) is 5.69. The predicted molar refractivity (Wildman–Crippen MR) is 104 cm³/mol. The molecule has 0 aromatic heterocycles. The highest BCUT2D eigenvalue weighted by Gasteiger charge is 2.41. The fourth-order valence-electron chi connectivity index (χ4n) is 3.81. The van der Waals surface area contributed by atoms with Crippen molar-refractivity contribution in [2.75, 3.05) is 11.9 Å². The van der Waals surface area contributed by atoms with Crippen LogP contribution in [-0.2, 0) is 9.59 Å². The number of benzene rings is 1. The summed E-state index contributed by atoms with van der Waals surface area (Å²) < 4.78 is 0. The Balaban J connectivity index is 1.65. The highest BCUT2D eigenvalue weighted by molar-refractivity contribution is 6.00. The van der Waals surface area contributed by atoms with Crippen LogP contribution >= 0.6 is 0 Å². The van der Waals surface area contributed by atoms with Crippen LogP contribution in [0.2, 0.25) is 0 Å². The molecule has 2 fully saturated rings. The van der Waals surface area contributed by atoms with Gasteiger partial charge in [0.05, 0.1) is 0 Å². The number of hydrogen-bond donors (Lipinski definition) is 3. The van der Waals surface area contributed by atoms with Gasteiger partial charge in [-0.2, -0.15) is 0 Å². The Morgan fingerprint density at radius 3 is 2.26 bits per heavy atom. The second-order valence-electron chi connectivity index (χ2n) is 7.84. The van der Waals surface area contributed by atoms with Crippen LogP contribution in [0, 0.1) is 11.8 Å². The molecule has 1 aromatic carbocycles. The molecule has 0 bridgehead atoms. The van der Waals surface area contributed by atoms with Gasteiger partial charge in [0, 0.05) is 23.7 Å². The number of rotatable bonds is 6. The van der Waals surface area contributed by atoms with E-state index in [-0.39, 0.29) is 23.6 Å². The van der Waals surface area contributed by atoms with Crippen molar-refractivity contribution < 1.29 is 14.4 Å². The molecule has 0 radical (unpaired) electrons. The average molecular weight is 371 g/mol. The second kappa shape index (κ2) is 8.11. The lowest BCUT2D eigenvalue weighted by Gasteiger charge is -2.36. The summed E-state index contributed by atoms with van der Waals surface area (Å²) in [6.45, 7) is 4.49. The number of anilines is 1. The van der Waals surface area contributed by atoms with Crippen LogP contribution < -0.4 is 16.0 Å². The van der Waals surface area contributed by atoms with Gasteiger partial charge >= 0.3 is 0 Å². The summed E-state index contributed by atoms with van der Waals surface area (Å²) in [5.41, 5.74) is 0.356. The quantitative estimate of drug-likeness (QED) is 0.718. The van der Waals surface area contributed by atoms with Crippen molar-refractivity contribution in [2.45, 2.75) is 57.9 Å². The third kappa shape index (κ3) is 4.49. The summed E-state index contributed by atoms with van der Waals surface area (Å²) in [4.78, 5) is 37.3. The van der Waals surface area contributed by atoms with Crippen LogP contribution in [-0.4, -0.2) is 29.8 Å². The van der Waals surface area contributed by atoms with E-state index in [1.165, 1.54) is 0 Å². The van der Waals surface area contributed by atoms with Gasteiger partial charge in [-0.1, -0.05) is 26.2 Å². The van der Waals surface area contributed by atoms with Crippen LogP contribution in [0.5, 0.6) is 0 Å². The number of carbonyl (C=O) groups is 3. The van der Waals surface area contributed by atoms with Crippen LogP contribution in [0.25, 0.3) is 0 Å². The van der Waals surface area contributed by atoms with Crippen molar-refractivity contribution in [2.24, 2.45) is 11.8 Å². The van der Waals surface area contributed by atoms with E-state index in [4.69, 9.17) is 0 Å². The number of amides is 3. The minimum Gasteiger partial charge on any atom is -0.354 e. The van der Waals surface area contributed by atoms with Crippen LogP contribution in [0.1, 0.15) is 62.7 Å². The van der Waals surface area contributed by atoms with Gasteiger partial charge in [-0.15, -0.1) is 0 Å². The molecule has 0 unspecified atom stereocenters. The zero-order chi connectivity index (χ0) is 19.4. The van der Waals surface area contributed by atoms with E-state index in [1.54, 1.807) is 24.3 Å². The van der Waals surface area contributed by atoms with Crippen molar-refractivity contribution in [3.8, 4) is 0 Å². The van der Waals surface area contributed by atoms with Crippen molar-refractivity contribution in [3.63, 3.8) is 0 Å². The molecule has 0 spiro atoms. The predicted octanol–water partition coefficient (Wildman–Crippen LogP) is 2.85. The molecular formula is C21H29N3O3. The molecule has 2 atom stereocenters. The van der Waals surface area contributed by atoms with E-state index < -0.39 is 5.54 Å². The first-order valence-corrected chi connectivity index (χ1v) is 9.97. The van der Waals surface area contributed by atoms with Crippen LogP contribution in [0.3, 0.4) is 0 Å². The van der Waals surface area contributed by atoms with Gasteiger partial charge in [0.15, 0.2) is 0 Å². The summed E-state index contributed by atoms with van der Waals surface area (Å²) in [5, 5.41) is 8.74. The maximum atomic E-state index is 12.7. The van der Waals surface area contributed by atoms with Crippen molar-refractivity contribution >= 4 is 23.4 Å². The standard InChI is InChI=1S/C21H29N3O3/c1-3-22-20(27)21(11-5-4-6-12-21)24-18(25)15-7-9-16(10-8-15)23-19(26)17-13-14(17)2/h7-10,14,17H,3-6,11-13H2,1-2H3,(H,22,27)(H,23,26)(H,24,25)/t14-,17+/m1/s1. The lowest BCUT2D eigenvalue weighted by molar-refractivity contribution is -0.128. The minimum absolute atomic E-state index is 0.0390. The van der Waals surface area contributed by atoms with E-state index in [0.29, 0.717) is 36.6 Å². The highest BCUT2D eigenvalue weighted by atomic mass is 16.2. The van der Waals surface area contributed by atoms with Crippen LogP contribution in [0.15, 0.2) is 24.3 Å². The van der Waals surface area contributed by atoms with Gasteiger partial charge < -0.3 is 16.0 Å². The molecule has 0 saturated heterocycles. The molecule has 2 aliphatic rings. The molecular weight excluding hydrogens is 342 g/mol. The zero-order valence-corrected chi connectivity index (χ0v) is 16.1. The maximum Gasteiger partial charge on any atom is 0.252 e. The summed E-state index contributed by atoms with van der Waals surface area (Å²) in [6, 6.07) is 6.85. The Bertz CT molecular complexity index is 708. The summed E-state index contributed by atoms with van der Waals surface area (Å²) >= 11 is 0. The van der Waals surface area contributed by atoms with E-state index in [2.05, 4.69) is 22.9 Å². The first kappa shape index (κ1) is 19.4. The Morgan fingerprint density at radius 2 is 1.70 bits per heavy atom. The number of nitrogens with one attached hydrogen (secondary N) is 3. The zero-order valence-electron chi connectivity index (χ0n) is 16.1. The number of hydrogen-bond acceptors (Lipinski definition) is 3. The molecule has 146 valence electrons. The normalized spacial score (nSPS) is 23.2. The van der Waals surface area contributed by atoms with Crippen molar-refractivity contribution in [1.29, 1.82) is 0 Å². The summed E-state index contributed by atoms with van der Waals surface area (Å²) in [7, 11) is 0. The minimum atomic E-state index is -0.819. The maximum absolute atomic E-state index is 12.7. The molecule has 0 aliphatic heterocycles. The lowest BCUT2D eigenvalue weighted by atomic mass is 9.80. The smallest absolute Gasteiger partial charge is 0.252 e. The lowest BCUT2D eigenvalue weighted by Crippen LogP contribution is -2.59. The fraction of sp³-hybridized carbons (Fsp3) is 0.571. The van der Waals surface area contributed by atoms with E-state index >= 15 is 0 Å². The fourth-order valence-corrected chi connectivity index (χ4v) is 3.81. The molecule has 2 aliphatic carbocycles. The van der Waals surface area contributed by atoms with Gasteiger partial charge in [-0.25, -0.2) is 0 Å². The molecule has 6 nitrogen and oxygen atoms in total. The molecule has 0 heterocycles. The van der Waals surface area contributed by atoms with E-state index in [1.807, 2.05) is 6.92 Å². The molecule has 3 rings (SSSR count). The monoisotopic (exact) mass is 371 g/mol. The molecule has 6 heteroatoms. The van der Waals surface area contributed by atoms with Gasteiger partial charge in [-0.05, 0) is 56.4 Å². The molecule has 3 N–H and O–H groups in total. The Labute approximate surface area is 160 Å². The molecule has 27 heavy (non-hydrogen) atoms. The number of likely N-dealkylation sites (N-methyl/N-ethyl adjacent to an activating group) is 1. The molecule has 1 aromatic rings. The average Bonchev–Trinajstić information content (AvgIpc) is 3.40. The van der Waals surface area contributed by atoms with Gasteiger partial charge in [0.1, 0.15) is 5.54 Å². The first-order chi connectivity index (χ1) is 12.9. The SMILES string of the molecule is CCNC(=O)C1(NC(=O)c2ccc(NC(=O)[C@H]3C[C@H]3C)cc2)CCCCC1. The van der Waals surface area contributed by atoms with Crippen LogP contribution in [0.4, 0.5) is 5.69 Å². The van der Waals surface area contributed by atoms with Crippen molar-refractivity contribution in [3.05, 3.63) is 29.8 Å². The van der Waals surface area contributed by atoms with E-state index in [9.17, 15) is 14.4 Å². The summed E-state index contributed by atoms with van der Waals surface area (Å²) in [5.74, 6) is 0.252. The molecule has 3 amide bonds. The Hall–Kier alpha value is -2.37.